The number of pyridine rings is 1. The lowest BCUT2D eigenvalue weighted by Gasteiger charge is -2.08. The Kier molecular flexibility index (Phi) is 2.96. The molecule has 0 aromatic carbocycles. The molecule has 17 heavy (non-hydrogen) atoms. The number of aromatic nitrogens is 3. The molecule has 0 spiro atoms. The van der Waals surface area contributed by atoms with Crippen molar-refractivity contribution in [2.75, 3.05) is 6.61 Å². The summed E-state index contributed by atoms with van der Waals surface area (Å²) in [6, 6.07) is 4.00. The van der Waals surface area contributed by atoms with E-state index in [1.54, 1.807) is 12.3 Å². The van der Waals surface area contributed by atoms with Crippen LogP contribution >= 0.6 is 0 Å². The van der Waals surface area contributed by atoms with E-state index < -0.39 is 0 Å². The van der Waals surface area contributed by atoms with Gasteiger partial charge in [-0.2, -0.15) is 5.26 Å². The standard InChI is InChI=1S/C12H14N4O/c1-4-17-9-5-6-14-12-11(9)15-10(7-13)16(12)8(2)3/h5-6,8H,4H2,1-3H3. The highest BCUT2D eigenvalue weighted by Gasteiger charge is 2.16. The van der Waals surface area contributed by atoms with Crippen LogP contribution in [0.1, 0.15) is 32.6 Å². The van der Waals surface area contributed by atoms with E-state index in [-0.39, 0.29) is 6.04 Å². The summed E-state index contributed by atoms with van der Waals surface area (Å²) in [5.74, 6) is 1.04. The van der Waals surface area contributed by atoms with Crippen molar-refractivity contribution in [3.8, 4) is 11.8 Å². The van der Waals surface area contributed by atoms with Crippen molar-refractivity contribution in [1.82, 2.24) is 14.5 Å². The first kappa shape index (κ1) is 11.4. The van der Waals surface area contributed by atoms with Gasteiger partial charge in [0.15, 0.2) is 11.2 Å². The second kappa shape index (κ2) is 4.42. The number of hydrogen-bond donors (Lipinski definition) is 0. The third-order valence-electron chi connectivity index (χ3n) is 2.46. The summed E-state index contributed by atoms with van der Waals surface area (Å²) in [7, 11) is 0. The number of fused-ring (bicyclic) bond motifs is 1. The van der Waals surface area contributed by atoms with E-state index in [2.05, 4.69) is 16.0 Å². The third-order valence-corrected chi connectivity index (χ3v) is 2.46. The Morgan fingerprint density at radius 1 is 1.53 bits per heavy atom. The second-order valence-corrected chi connectivity index (χ2v) is 3.93. The van der Waals surface area contributed by atoms with Gasteiger partial charge < -0.3 is 4.74 Å². The fraction of sp³-hybridized carbons (Fsp3) is 0.417. The first-order valence-corrected chi connectivity index (χ1v) is 5.58. The monoisotopic (exact) mass is 230 g/mol. The molecule has 0 aliphatic heterocycles. The van der Waals surface area contributed by atoms with Gasteiger partial charge in [-0.25, -0.2) is 9.97 Å². The number of ether oxygens (including phenoxy) is 1. The Balaban J connectivity index is 2.74. The normalized spacial score (nSPS) is 10.8. The van der Waals surface area contributed by atoms with Gasteiger partial charge in [0.25, 0.3) is 0 Å². The molecular weight excluding hydrogens is 216 g/mol. The molecule has 0 unspecified atom stereocenters. The minimum Gasteiger partial charge on any atom is -0.491 e. The number of imidazole rings is 1. The minimum absolute atomic E-state index is 0.138. The van der Waals surface area contributed by atoms with Gasteiger partial charge >= 0.3 is 0 Å². The van der Waals surface area contributed by atoms with E-state index >= 15 is 0 Å². The summed E-state index contributed by atoms with van der Waals surface area (Å²) < 4.78 is 7.30. The fourth-order valence-corrected chi connectivity index (χ4v) is 1.81. The van der Waals surface area contributed by atoms with Crippen molar-refractivity contribution < 1.29 is 4.74 Å². The lowest BCUT2D eigenvalue weighted by Crippen LogP contribution is -2.04. The van der Waals surface area contributed by atoms with Crippen LogP contribution in [0.4, 0.5) is 0 Å². The van der Waals surface area contributed by atoms with E-state index in [9.17, 15) is 0 Å². The van der Waals surface area contributed by atoms with E-state index in [0.29, 0.717) is 29.3 Å². The van der Waals surface area contributed by atoms with Gasteiger partial charge in [0, 0.05) is 18.3 Å². The molecule has 0 amide bonds. The van der Waals surface area contributed by atoms with Crippen molar-refractivity contribution >= 4 is 11.2 Å². The summed E-state index contributed by atoms with van der Waals surface area (Å²) in [5, 5.41) is 9.09. The smallest absolute Gasteiger partial charge is 0.215 e. The molecule has 0 saturated heterocycles. The first-order chi connectivity index (χ1) is 8.19. The SMILES string of the molecule is CCOc1ccnc2c1nc(C#N)n2C(C)C. The van der Waals surface area contributed by atoms with Crippen LogP contribution in [0.5, 0.6) is 5.75 Å². The van der Waals surface area contributed by atoms with E-state index in [1.165, 1.54) is 0 Å². The number of rotatable bonds is 3. The van der Waals surface area contributed by atoms with E-state index in [1.807, 2.05) is 25.3 Å². The molecule has 2 aromatic rings. The Hall–Kier alpha value is -2.09. The zero-order chi connectivity index (χ0) is 12.4. The minimum atomic E-state index is 0.138. The molecule has 0 aliphatic rings. The Labute approximate surface area is 99.7 Å². The molecule has 0 atom stereocenters. The van der Waals surface area contributed by atoms with Crippen LogP contribution in [0.3, 0.4) is 0 Å². The summed E-state index contributed by atoms with van der Waals surface area (Å²) >= 11 is 0. The van der Waals surface area contributed by atoms with Crippen LogP contribution in [0.25, 0.3) is 11.2 Å². The first-order valence-electron chi connectivity index (χ1n) is 5.58. The highest BCUT2D eigenvalue weighted by molar-refractivity contribution is 5.79. The molecule has 0 saturated carbocycles. The topological polar surface area (TPSA) is 63.7 Å². The summed E-state index contributed by atoms with van der Waals surface area (Å²) in [6.07, 6.45) is 1.68. The fourth-order valence-electron chi connectivity index (χ4n) is 1.81. The van der Waals surface area contributed by atoms with Gasteiger partial charge in [0.05, 0.1) is 6.61 Å². The molecule has 0 aliphatic carbocycles. The maximum atomic E-state index is 9.09. The van der Waals surface area contributed by atoms with Gasteiger partial charge in [-0.1, -0.05) is 0 Å². The highest BCUT2D eigenvalue weighted by Crippen LogP contribution is 2.26. The Bertz CT molecular complexity index is 580. The molecular formula is C12H14N4O. The molecule has 0 radical (unpaired) electrons. The van der Waals surface area contributed by atoms with Crippen LogP contribution in [0, 0.1) is 11.3 Å². The van der Waals surface area contributed by atoms with Crippen molar-refractivity contribution in [3.63, 3.8) is 0 Å². The van der Waals surface area contributed by atoms with E-state index in [0.717, 1.165) is 0 Å². The lowest BCUT2D eigenvalue weighted by molar-refractivity contribution is 0.343. The second-order valence-electron chi connectivity index (χ2n) is 3.93. The van der Waals surface area contributed by atoms with Gasteiger partial charge in [-0.15, -0.1) is 0 Å². The maximum Gasteiger partial charge on any atom is 0.215 e. The summed E-state index contributed by atoms with van der Waals surface area (Å²) in [4.78, 5) is 8.57. The molecule has 2 heterocycles. The number of hydrogen-bond acceptors (Lipinski definition) is 4. The third kappa shape index (κ3) is 1.82. The van der Waals surface area contributed by atoms with E-state index in [4.69, 9.17) is 10.00 Å². The van der Waals surface area contributed by atoms with Crippen LogP contribution in [0.2, 0.25) is 0 Å². The van der Waals surface area contributed by atoms with Gasteiger partial charge in [0.2, 0.25) is 5.82 Å². The van der Waals surface area contributed by atoms with Crippen molar-refractivity contribution in [1.29, 1.82) is 5.26 Å². The molecule has 0 fully saturated rings. The Morgan fingerprint density at radius 3 is 2.88 bits per heavy atom. The molecule has 0 bridgehead atoms. The summed E-state index contributed by atoms with van der Waals surface area (Å²) in [6.45, 7) is 6.47. The molecule has 0 N–H and O–H groups in total. The number of nitriles is 1. The average molecular weight is 230 g/mol. The summed E-state index contributed by atoms with van der Waals surface area (Å²) in [5.41, 5.74) is 1.35. The maximum absolute atomic E-state index is 9.09. The lowest BCUT2D eigenvalue weighted by atomic mass is 10.3. The predicted molar refractivity (Wildman–Crippen MR) is 63.8 cm³/mol. The largest absolute Gasteiger partial charge is 0.491 e. The van der Waals surface area contributed by atoms with Crippen molar-refractivity contribution in [2.24, 2.45) is 0 Å². The predicted octanol–water partition coefficient (Wildman–Crippen LogP) is 2.28. The average Bonchev–Trinajstić information content (AvgIpc) is 2.69. The molecule has 2 aromatic heterocycles. The molecule has 2 rings (SSSR count). The zero-order valence-corrected chi connectivity index (χ0v) is 10.1. The van der Waals surface area contributed by atoms with Crippen LogP contribution in [-0.4, -0.2) is 21.1 Å². The Morgan fingerprint density at radius 2 is 2.29 bits per heavy atom. The van der Waals surface area contributed by atoms with Crippen LogP contribution < -0.4 is 4.74 Å². The van der Waals surface area contributed by atoms with Gasteiger partial charge in [-0.3, -0.25) is 4.57 Å². The van der Waals surface area contributed by atoms with Gasteiger partial charge in [-0.05, 0) is 20.8 Å². The van der Waals surface area contributed by atoms with Crippen molar-refractivity contribution in [2.45, 2.75) is 26.8 Å². The zero-order valence-electron chi connectivity index (χ0n) is 10.1. The highest BCUT2D eigenvalue weighted by atomic mass is 16.5. The quantitative estimate of drug-likeness (QED) is 0.811. The van der Waals surface area contributed by atoms with Crippen molar-refractivity contribution in [3.05, 3.63) is 18.1 Å². The van der Waals surface area contributed by atoms with Gasteiger partial charge in [0.1, 0.15) is 11.8 Å². The molecule has 88 valence electrons. The van der Waals surface area contributed by atoms with Crippen LogP contribution in [0.15, 0.2) is 12.3 Å². The molecule has 5 nitrogen and oxygen atoms in total. The molecule has 5 heteroatoms. The number of nitrogens with zero attached hydrogens (tertiary/aromatic N) is 4. The van der Waals surface area contributed by atoms with Crippen LogP contribution in [-0.2, 0) is 0 Å².